The molecule has 23 nitrogen and oxygen atoms in total. The van der Waals surface area contributed by atoms with Gasteiger partial charge in [-0.15, -0.1) is 10.2 Å². The van der Waals surface area contributed by atoms with Gasteiger partial charge in [-0.25, -0.2) is 28.2 Å². The van der Waals surface area contributed by atoms with Crippen LogP contribution in [0.15, 0.2) is 11.2 Å². The fourth-order valence-corrected chi connectivity index (χ4v) is 4.36. The molecule has 0 unspecified atom stereocenters. The van der Waals surface area contributed by atoms with Crippen molar-refractivity contribution in [3.8, 4) is 0 Å². The maximum absolute atomic E-state index is 8.88. The zero-order valence-corrected chi connectivity index (χ0v) is 33.7. The van der Waals surface area contributed by atoms with Gasteiger partial charge in [-0.1, -0.05) is 53.3 Å². The molecule has 0 radical (unpaired) electrons. The molecule has 0 atom stereocenters. The topological polar surface area (TPSA) is 374 Å². The molecular formula is C23H51N7O16P4S. The van der Waals surface area contributed by atoms with E-state index in [9.17, 15) is 0 Å². The average molecular weight is 838 g/mol. The number of rotatable bonds is 6. The molecule has 1 fully saturated rings. The van der Waals surface area contributed by atoms with Gasteiger partial charge in [0.05, 0.1) is 5.69 Å². The first kappa shape index (κ1) is 51.9. The van der Waals surface area contributed by atoms with Crippen LogP contribution in [0.5, 0.6) is 0 Å². The number of aryl methyl sites for hydroxylation is 1. The van der Waals surface area contributed by atoms with Crippen molar-refractivity contribution in [3.05, 3.63) is 23.4 Å². The zero-order chi connectivity index (χ0) is 40.8. The lowest BCUT2D eigenvalue weighted by Gasteiger charge is -2.36. The standard InChI is InChI=1S/C23H39N7S.4H3O4P/c1-17-26-27-21(28(17)8)31-15-9-10-29-11-13-30(14-12-29)19-16-18(22(2,3)4)24-20(25-19)23(5,6)7;4*1-5(2,3)4/h16H,9-15H2,1-8H3;4*(H3,1,2,3,4). The molecule has 1 aliphatic heterocycles. The zero-order valence-electron chi connectivity index (χ0n) is 29.4. The Bertz CT molecular complexity index is 1380. The lowest BCUT2D eigenvalue weighted by molar-refractivity contribution is 0.258. The van der Waals surface area contributed by atoms with E-state index in [4.69, 9.17) is 86.9 Å². The molecule has 1 aliphatic rings. The third-order valence-electron chi connectivity index (χ3n) is 5.75. The molecule has 3 heterocycles. The SMILES string of the molecule is Cc1nnc(SCCCN2CCN(c3cc(C(C)(C)C)nc(C(C)(C)C)n3)CC2)n1C.O=P(O)(O)O.O=P(O)(O)O.O=P(O)(O)O.O=P(O)(O)O. The highest BCUT2D eigenvalue weighted by Gasteiger charge is 2.26. The maximum Gasteiger partial charge on any atom is 0.466 e. The number of hydrogen-bond donors (Lipinski definition) is 12. The van der Waals surface area contributed by atoms with Crippen LogP contribution in [0.25, 0.3) is 0 Å². The molecule has 300 valence electrons. The van der Waals surface area contributed by atoms with E-state index in [1.165, 1.54) is 0 Å². The van der Waals surface area contributed by atoms with Crippen molar-refractivity contribution in [3.63, 3.8) is 0 Å². The number of phosphoric acid groups is 4. The maximum atomic E-state index is 8.88. The van der Waals surface area contributed by atoms with Gasteiger partial charge in [0.1, 0.15) is 17.5 Å². The van der Waals surface area contributed by atoms with Gasteiger partial charge in [0, 0.05) is 55.9 Å². The molecule has 0 saturated carbocycles. The Kier molecular flexibility index (Phi) is 22.0. The van der Waals surface area contributed by atoms with E-state index in [0.29, 0.717) is 0 Å². The van der Waals surface area contributed by atoms with Crippen molar-refractivity contribution >= 4 is 48.9 Å². The van der Waals surface area contributed by atoms with Crippen LogP contribution in [0.1, 0.15) is 65.3 Å². The van der Waals surface area contributed by atoms with Gasteiger partial charge in [-0.05, 0) is 19.9 Å². The molecule has 2 aromatic rings. The van der Waals surface area contributed by atoms with E-state index < -0.39 is 31.3 Å². The largest absolute Gasteiger partial charge is 0.466 e. The summed E-state index contributed by atoms with van der Waals surface area (Å²) in [4.78, 5) is 101. The van der Waals surface area contributed by atoms with Crippen molar-refractivity contribution < 1.29 is 77.0 Å². The highest BCUT2D eigenvalue weighted by atomic mass is 32.2. The van der Waals surface area contributed by atoms with Crippen LogP contribution in [0, 0.1) is 6.92 Å². The predicted octanol–water partition coefficient (Wildman–Crippen LogP) is 0.0985. The fourth-order valence-electron chi connectivity index (χ4n) is 3.48. The molecule has 2 aromatic heterocycles. The summed E-state index contributed by atoms with van der Waals surface area (Å²) in [5, 5.41) is 9.37. The van der Waals surface area contributed by atoms with Crippen molar-refractivity contribution in [2.75, 3.05) is 43.4 Å². The van der Waals surface area contributed by atoms with Gasteiger partial charge in [-0.2, -0.15) is 0 Å². The second-order valence-electron chi connectivity index (χ2n) is 12.6. The summed E-state index contributed by atoms with van der Waals surface area (Å²) >= 11 is 1.80. The van der Waals surface area contributed by atoms with E-state index >= 15 is 0 Å². The summed E-state index contributed by atoms with van der Waals surface area (Å²) in [6.45, 7) is 20.5. The molecule has 3 rings (SSSR count). The Balaban J connectivity index is 0. The Morgan fingerprint density at radius 3 is 1.43 bits per heavy atom. The number of hydrogen-bond acceptors (Lipinski definition) is 11. The number of anilines is 1. The van der Waals surface area contributed by atoms with Crippen LogP contribution in [-0.4, -0.2) is 127 Å². The molecule has 0 bridgehead atoms. The average Bonchev–Trinajstić information content (AvgIpc) is 3.19. The molecule has 51 heavy (non-hydrogen) atoms. The second-order valence-corrected chi connectivity index (χ2v) is 17.8. The Morgan fingerprint density at radius 2 is 1.10 bits per heavy atom. The number of aromatic nitrogens is 5. The van der Waals surface area contributed by atoms with Crippen molar-refractivity contribution in [2.45, 2.75) is 70.9 Å². The molecule has 12 N–H and O–H groups in total. The monoisotopic (exact) mass is 837 g/mol. The van der Waals surface area contributed by atoms with Crippen LogP contribution in [0.4, 0.5) is 5.82 Å². The number of thioether (sulfide) groups is 1. The number of nitrogens with zero attached hydrogens (tertiary/aromatic N) is 7. The van der Waals surface area contributed by atoms with Crippen LogP contribution < -0.4 is 4.90 Å². The summed E-state index contributed by atoms with van der Waals surface area (Å²) < 4.78 is 37.6. The van der Waals surface area contributed by atoms with Crippen LogP contribution in [0.2, 0.25) is 0 Å². The van der Waals surface area contributed by atoms with Crippen molar-refractivity contribution in [2.24, 2.45) is 7.05 Å². The Labute approximate surface area is 299 Å². The molecule has 1 saturated heterocycles. The van der Waals surface area contributed by atoms with E-state index in [0.717, 1.165) is 73.2 Å². The minimum atomic E-state index is -4.64. The minimum Gasteiger partial charge on any atom is -0.354 e. The minimum absolute atomic E-state index is 0.0123. The van der Waals surface area contributed by atoms with Crippen molar-refractivity contribution in [1.82, 2.24) is 29.6 Å². The highest BCUT2D eigenvalue weighted by Crippen LogP contribution is 2.29. The molecule has 28 heteroatoms. The quantitative estimate of drug-likeness (QED) is 0.104. The Hall–Kier alpha value is -1.23. The summed E-state index contributed by atoms with van der Waals surface area (Å²) in [6.07, 6.45) is 1.16. The van der Waals surface area contributed by atoms with Gasteiger partial charge in [0.2, 0.25) is 0 Å². The molecule has 0 aromatic carbocycles. The van der Waals surface area contributed by atoms with Gasteiger partial charge < -0.3 is 68.2 Å². The van der Waals surface area contributed by atoms with Crippen LogP contribution in [0.3, 0.4) is 0 Å². The van der Waals surface area contributed by atoms with Gasteiger partial charge in [0.15, 0.2) is 5.16 Å². The summed E-state index contributed by atoms with van der Waals surface area (Å²) in [6, 6.07) is 2.20. The van der Waals surface area contributed by atoms with E-state index in [-0.39, 0.29) is 10.8 Å². The van der Waals surface area contributed by atoms with E-state index in [1.807, 2.05) is 14.0 Å². The molecule has 0 amide bonds. The fraction of sp³-hybridized carbons (Fsp3) is 0.739. The van der Waals surface area contributed by atoms with Crippen LogP contribution in [-0.2, 0) is 36.1 Å². The van der Waals surface area contributed by atoms with Crippen molar-refractivity contribution in [1.29, 1.82) is 0 Å². The summed E-state index contributed by atoms with van der Waals surface area (Å²) in [5.41, 5.74) is 1.08. The normalized spacial score (nSPS) is 14.5. The second kappa shape index (κ2) is 21.6. The lowest BCUT2D eigenvalue weighted by Crippen LogP contribution is -2.47. The van der Waals surface area contributed by atoms with Crippen LogP contribution >= 0.6 is 43.1 Å². The van der Waals surface area contributed by atoms with E-state index in [1.54, 1.807) is 11.8 Å². The summed E-state index contributed by atoms with van der Waals surface area (Å²) in [5.74, 6) is 4.06. The molecule has 0 spiro atoms. The number of piperazine rings is 1. The predicted molar refractivity (Wildman–Crippen MR) is 186 cm³/mol. The summed E-state index contributed by atoms with van der Waals surface area (Å²) in [7, 11) is -16.5. The van der Waals surface area contributed by atoms with E-state index in [2.05, 4.69) is 72.2 Å². The van der Waals surface area contributed by atoms with Gasteiger partial charge in [-0.3, -0.25) is 4.90 Å². The third kappa shape index (κ3) is 33.1. The lowest BCUT2D eigenvalue weighted by atomic mass is 9.90. The Morgan fingerprint density at radius 1 is 0.686 bits per heavy atom. The first-order chi connectivity index (χ1) is 22.4. The molecule has 0 aliphatic carbocycles. The third-order valence-corrected chi connectivity index (χ3v) is 6.86. The highest BCUT2D eigenvalue weighted by molar-refractivity contribution is 7.99. The smallest absolute Gasteiger partial charge is 0.354 e. The first-order valence-corrected chi connectivity index (χ1v) is 21.7. The van der Waals surface area contributed by atoms with Gasteiger partial charge >= 0.3 is 31.3 Å². The molecular weight excluding hydrogens is 786 g/mol. The van der Waals surface area contributed by atoms with Gasteiger partial charge in [0.25, 0.3) is 0 Å². The first-order valence-electron chi connectivity index (χ1n) is 14.4.